The number of amides is 1. The van der Waals surface area contributed by atoms with Gasteiger partial charge in [0.05, 0.1) is 0 Å². The molecule has 0 aliphatic rings. The van der Waals surface area contributed by atoms with Crippen LogP contribution in [0.25, 0.3) is 10.8 Å². The summed E-state index contributed by atoms with van der Waals surface area (Å²) in [5.41, 5.74) is 0. The normalized spacial score (nSPS) is 12.1. The number of hydrogen-bond acceptors (Lipinski definition) is 5. The molecule has 0 saturated carbocycles. The molecule has 0 spiro atoms. The number of fused-ring (bicyclic) bond motifs is 1. The molecule has 112 valence electrons. The highest BCUT2D eigenvalue weighted by atomic mass is 16.5. The first kappa shape index (κ1) is 14.1. The highest BCUT2D eigenvalue weighted by Crippen LogP contribution is 2.26. The summed E-state index contributed by atoms with van der Waals surface area (Å²) in [6.07, 6.45) is -0.696. The number of rotatable bonds is 4. The van der Waals surface area contributed by atoms with E-state index in [2.05, 4.69) is 15.5 Å². The number of nitrogens with one attached hydrogen (secondary N) is 1. The van der Waals surface area contributed by atoms with Crippen LogP contribution in [-0.4, -0.2) is 22.2 Å². The molecule has 3 aromatic rings. The van der Waals surface area contributed by atoms with Gasteiger partial charge in [-0.15, -0.1) is 0 Å². The molecule has 22 heavy (non-hydrogen) atoms. The van der Waals surface area contributed by atoms with Gasteiger partial charge in [-0.3, -0.25) is 10.1 Å². The summed E-state index contributed by atoms with van der Waals surface area (Å²) in [5, 5.41) is 8.15. The van der Waals surface area contributed by atoms with Crippen LogP contribution in [0, 0.1) is 6.92 Å². The Hall–Kier alpha value is -2.89. The molecule has 6 nitrogen and oxygen atoms in total. The number of aryl methyl sites for hydroxylation is 1. The number of aromatic nitrogens is 2. The lowest BCUT2D eigenvalue weighted by molar-refractivity contribution is -0.122. The van der Waals surface area contributed by atoms with Crippen molar-refractivity contribution in [2.75, 3.05) is 5.32 Å². The van der Waals surface area contributed by atoms with Crippen molar-refractivity contribution < 1.29 is 14.1 Å². The van der Waals surface area contributed by atoms with Crippen molar-refractivity contribution in [2.45, 2.75) is 20.0 Å². The van der Waals surface area contributed by atoms with Gasteiger partial charge in [-0.1, -0.05) is 41.6 Å². The van der Waals surface area contributed by atoms with Crippen LogP contribution in [-0.2, 0) is 4.79 Å². The van der Waals surface area contributed by atoms with Gasteiger partial charge in [0.25, 0.3) is 5.91 Å². The Morgan fingerprint density at radius 3 is 2.77 bits per heavy atom. The molecular formula is C16H15N3O3. The molecule has 0 aliphatic carbocycles. The molecule has 1 N–H and O–H groups in total. The minimum atomic E-state index is -0.696. The molecule has 0 saturated heterocycles. The maximum absolute atomic E-state index is 12.1. The molecule has 1 atom stereocenters. The van der Waals surface area contributed by atoms with Crippen LogP contribution in [0.15, 0.2) is 47.0 Å². The second kappa shape index (κ2) is 5.85. The third-order valence-corrected chi connectivity index (χ3v) is 3.18. The zero-order valence-corrected chi connectivity index (χ0v) is 12.2. The van der Waals surface area contributed by atoms with E-state index in [9.17, 15) is 4.79 Å². The van der Waals surface area contributed by atoms with Crippen molar-refractivity contribution in [1.82, 2.24) is 10.1 Å². The van der Waals surface area contributed by atoms with Crippen molar-refractivity contribution in [1.29, 1.82) is 0 Å². The van der Waals surface area contributed by atoms with E-state index < -0.39 is 6.10 Å². The summed E-state index contributed by atoms with van der Waals surface area (Å²) in [4.78, 5) is 16.0. The average molecular weight is 297 g/mol. The zero-order chi connectivity index (χ0) is 15.5. The first-order chi connectivity index (χ1) is 10.6. The first-order valence-electron chi connectivity index (χ1n) is 6.89. The summed E-state index contributed by atoms with van der Waals surface area (Å²) >= 11 is 0. The number of anilines is 1. The number of carbonyl (C=O) groups is 1. The minimum absolute atomic E-state index is 0.0656. The average Bonchev–Trinajstić information content (AvgIpc) is 2.92. The molecule has 0 radical (unpaired) electrons. The minimum Gasteiger partial charge on any atom is -0.480 e. The topological polar surface area (TPSA) is 77.2 Å². The number of benzene rings is 2. The van der Waals surface area contributed by atoms with Crippen molar-refractivity contribution in [3.05, 3.63) is 48.3 Å². The van der Waals surface area contributed by atoms with Gasteiger partial charge in [0.2, 0.25) is 0 Å². The maximum Gasteiger partial charge on any atom is 0.328 e. The molecule has 2 aromatic carbocycles. The predicted octanol–water partition coefficient (Wildman–Crippen LogP) is 2.94. The summed E-state index contributed by atoms with van der Waals surface area (Å²) in [6, 6.07) is 13.6. The molecule has 1 amide bonds. The van der Waals surface area contributed by atoms with E-state index in [1.165, 1.54) is 0 Å². The van der Waals surface area contributed by atoms with Crippen LogP contribution in [0.2, 0.25) is 0 Å². The van der Waals surface area contributed by atoms with Gasteiger partial charge >= 0.3 is 6.01 Å². The number of ether oxygens (including phenoxy) is 1. The van der Waals surface area contributed by atoms with Crippen molar-refractivity contribution in [3.8, 4) is 5.75 Å². The fraction of sp³-hybridized carbons (Fsp3) is 0.188. The molecule has 0 fully saturated rings. The van der Waals surface area contributed by atoms with Crippen LogP contribution in [0.3, 0.4) is 0 Å². The molecule has 1 unspecified atom stereocenters. The molecular weight excluding hydrogens is 282 g/mol. The van der Waals surface area contributed by atoms with Crippen LogP contribution in [0.1, 0.15) is 12.7 Å². The molecule has 3 rings (SSSR count). The Morgan fingerprint density at radius 2 is 2.00 bits per heavy atom. The van der Waals surface area contributed by atoms with E-state index in [1.54, 1.807) is 13.8 Å². The molecule has 0 bridgehead atoms. The quantitative estimate of drug-likeness (QED) is 0.801. The fourth-order valence-corrected chi connectivity index (χ4v) is 2.10. The van der Waals surface area contributed by atoms with E-state index in [0.717, 1.165) is 10.8 Å². The van der Waals surface area contributed by atoms with Gasteiger partial charge in [-0.05, 0) is 25.3 Å². The smallest absolute Gasteiger partial charge is 0.328 e. The van der Waals surface area contributed by atoms with Gasteiger partial charge < -0.3 is 9.26 Å². The Bertz CT molecular complexity index is 808. The number of carbonyl (C=O) groups excluding carboxylic acids is 1. The Morgan fingerprint density at radius 1 is 1.23 bits per heavy atom. The van der Waals surface area contributed by atoms with Crippen LogP contribution in [0.5, 0.6) is 5.75 Å². The summed E-state index contributed by atoms with van der Waals surface area (Å²) in [7, 11) is 0. The van der Waals surface area contributed by atoms with Gasteiger partial charge in [0.15, 0.2) is 11.9 Å². The molecule has 0 aliphatic heterocycles. The lowest BCUT2D eigenvalue weighted by Gasteiger charge is -2.15. The second-order valence-corrected chi connectivity index (χ2v) is 4.87. The van der Waals surface area contributed by atoms with E-state index in [0.29, 0.717) is 11.6 Å². The lowest BCUT2D eigenvalue weighted by Crippen LogP contribution is -2.30. The fourth-order valence-electron chi connectivity index (χ4n) is 2.10. The number of nitrogens with zero attached hydrogens (tertiary/aromatic N) is 2. The molecule has 1 aromatic heterocycles. The monoisotopic (exact) mass is 297 g/mol. The summed E-state index contributed by atoms with van der Waals surface area (Å²) < 4.78 is 10.6. The van der Waals surface area contributed by atoms with Gasteiger partial charge in [-0.25, -0.2) is 0 Å². The zero-order valence-electron chi connectivity index (χ0n) is 12.2. The third kappa shape index (κ3) is 2.90. The Kier molecular flexibility index (Phi) is 3.74. The Balaban J connectivity index is 1.75. The summed E-state index contributed by atoms with van der Waals surface area (Å²) in [6.45, 7) is 3.34. The van der Waals surface area contributed by atoms with Crippen LogP contribution < -0.4 is 10.1 Å². The maximum atomic E-state index is 12.1. The van der Waals surface area contributed by atoms with E-state index >= 15 is 0 Å². The van der Waals surface area contributed by atoms with Gasteiger partial charge in [0.1, 0.15) is 5.75 Å². The SMILES string of the molecule is Cc1noc(NC(=O)C(C)Oc2cccc3ccccc23)n1. The van der Waals surface area contributed by atoms with E-state index in [1.807, 2.05) is 42.5 Å². The summed E-state index contributed by atoms with van der Waals surface area (Å²) in [5.74, 6) is 0.761. The second-order valence-electron chi connectivity index (χ2n) is 4.87. The predicted molar refractivity (Wildman–Crippen MR) is 81.7 cm³/mol. The van der Waals surface area contributed by atoms with Gasteiger partial charge in [0, 0.05) is 5.39 Å². The number of hydrogen-bond donors (Lipinski definition) is 1. The largest absolute Gasteiger partial charge is 0.480 e. The Labute approximate surface area is 127 Å². The highest BCUT2D eigenvalue weighted by molar-refractivity contribution is 5.93. The first-order valence-corrected chi connectivity index (χ1v) is 6.89. The van der Waals surface area contributed by atoms with Crippen LogP contribution in [0.4, 0.5) is 6.01 Å². The van der Waals surface area contributed by atoms with Crippen molar-refractivity contribution >= 4 is 22.7 Å². The third-order valence-electron chi connectivity index (χ3n) is 3.18. The van der Waals surface area contributed by atoms with Crippen molar-refractivity contribution in [2.24, 2.45) is 0 Å². The lowest BCUT2D eigenvalue weighted by atomic mass is 10.1. The van der Waals surface area contributed by atoms with Crippen molar-refractivity contribution in [3.63, 3.8) is 0 Å². The van der Waals surface area contributed by atoms with Gasteiger partial charge in [-0.2, -0.15) is 4.98 Å². The standard InChI is InChI=1S/C16H15N3O3/c1-10(15(20)18-16-17-11(2)19-22-16)21-14-9-5-7-12-6-3-4-8-13(12)14/h3-10H,1-2H3,(H,17,18,19,20). The van der Waals surface area contributed by atoms with E-state index in [4.69, 9.17) is 9.26 Å². The van der Waals surface area contributed by atoms with E-state index in [-0.39, 0.29) is 11.9 Å². The highest BCUT2D eigenvalue weighted by Gasteiger charge is 2.18. The molecule has 6 heteroatoms. The van der Waals surface area contributed by atoms with Crippen LogP contribution >= 0.6 is 0 Å². The molecule has 1 heterocycles.